The van der Waals surface area contributed by atoms with Crippen molar-refractivity contribution in [2.24, 2.45) is 0 Å². The second kappa shape index (κ2) is 3.18. The minimum atomic E-state index is 0.469. The van der Waals surface area contributed by atoms with E-state index in [9.17, 15) is 0 Å². The molecule has 0 aliphatic carbocycles. The molecule has 0 radical (unpaired) electrons. The number of nitrogens with one attached hydrogen (secondary N) is 1. The molecule has 66 valence electrons. The highest BCUT2D eigenvalue weighted by Gasteiger charge is 2.02. The van der Waals surface area contributed by atoms with Crippen LogP contribution in [0.1, 0.15) is 0 Å². The van der Waals surface area contributed by atoms with E-state index in [2.05, 4.69) is 31.1 Å². The van der Waals surface area contributed by atoms with Crippen LogP contribution in [0.2, 0.25) is 0 Å². The van der Waals surface area contributed by atoms with Crippen LogP contribution in [0, 0.1) is 0 Å². The normalized spacial score (nSPS) is 10.2. The Labute approximate surface area is 83.3 Å². The van der Waals surface area contributed by atoms with Gasteiger partial charge in [-0.15, -0.1) is 0 Å². The maximum Gasteiger partial charge on any atom is 0.145 e. The van der Waals surface area contributed by atoms with Crippen LogP contribution < -0.4 is 5.73 Å². The number of hydrogen-bond donors (Lipinski definition) is 2. The van der Waals surface area contributed by atoms with E-state index in [0.29, 0.717) is 5.82 Å². The number of H-pyrrole nitrogens is 1. The number of nitrogen functional groups attached to an aromatic ring is 1. The molecule has 0 fully saturated rings. The van der Waals surface area contributed by atoms with Crippen molar-refractivity contribution in [2.45, 2.75) is 0 Å². The Morgan fingerprint density at radius 2 is 2.23 bits per heavy atom. The fourth-order valence-corrected chi connectivity index (χ4v) is 1.37. The zero-order valence-corrected chi connectivity index (χ0v) is 8.25. The highest BCUT2D eigenvalue weighted by molar-refractivity contribution is 9.10. The van der Waals surface area contributed by atoms with Crippen molar-refractivity contribution in [3.8, 4) is 11.4 Å². The Balaban J connectivity index is 2.46. The summed E-state index contributed by atoms with van der Waals surface area (Å²) < 4.78 is 0.790. The van der Waals surface area contributed by atoms with Gasteiger partial charge in [-0.3, -0.25) is 5.10 Å². The van der Waals surface area contributed by atoms with Gasteiger partial charge in [-0.25, -0.2) is 4.98 Å². The molecule has 0 aromatic carbocycles. The lowest BCUT2D eigenvalue weighted by Crippen LogP contribution is -1.83. The minimum Gasteiger partial charge on any atom is -0.382 e. The fraction of sp³-hybridized carbons (Fsp3) is 0. The second-order valence-corrected chi connectivity index (χ2v) is 3.36. The van der Waals surface area contributed by atoms with Crippen molar-refractivity contribution in [1.82, 2.24) is 15.2 Å². The zero-order valence-electron chi connectivity index (χ0n) is 6.66. The Morgan fingerprint density at radius 3 is 2.85 bits per heavy atom. The first-order valence-electron chi connectivity index (χ1n) is 3.69. The summed E-state index contributed by atoms with van der Waals surface area (Å²) in [5.41, 5.74) is 7.11. The summed E-state index contributed by atoms with van der Waals surface area (Å²) in [5, 5.41) is 6.61. The first kappa shape index (κ1) is 8.25. The third kappa shape index (κ3) is 1.70. The van der Waals surface area contributed by atoms with Gasteiger partial charge in [0, 0.05) is 6.07 Å². The van der Waals surface area contributed by atoms with E-state index in [0.717, 1.165) is 16.0 Å². The lowest BCUT2D eigenvalue weighted by molar-refractivity contribution is 1.09. The molecule has 0 bridgehead atoms. The summed E-state index contributed by atoms with van der Waals surface area (Å²) in [6.07, 6.45) is 0. The Hall–Kier alpha value is -1.36. The minimum absolute atomic E-state index is 0.469. The van der Waals surface area contributed by atoms with Crippen molar-refractivity contribution in [3.05, 3.63) is 28.9 Å². The number of anilines is 1. The van der Waals surface area contributed by atoms with E-state index >= 15 is 0 Å². The van der Waals surface area contributed by atoms with Gasteiger partial charge in [0.15, 0.2) is 0 Å². The topological polar surface area (TPSA) is 67.6 Å². The summed E-state index contributed by atoms with van der Waals surface area (Å²) in [4.78, 5) is 4.25. The van der Waals surface area contributed by atoms with Crippen molar-refractivity contribution in [1.29, 1.82) is 0 Å². The molecular weight excluding hydrogens is 232 g/mol. The average Bonchev–Trinajstić information content (AvgIpc) is 2.52. The van der Waals surface area contributed by atoms with Gasteiger partial charge in [0.1, 0.15) is 10.4 Å². The maximum absolute atomic E-state index is 5.47. The van der Waals surface area contributed by atoms with Gasteiger partial charge in [0.2, 0.25) is 0 Å². The number of hydrogen-bond acceptors (Lipinski definition) is 3. The molecule has 5 heteroatoms. The molecule has 0 saturated heterocycles. The molecule has 0 aliphatic heterocycles. The number of pyridine rings is 1. The van der Waals surface area contributed by atoms with Crippen molar-refractivity contribution >= 4 is 21.7 Å². The van der Waals surface area contributed by atoms with Crippen LogP contribution in [-0.4, -0.2) is 15.2 Å². The first-order chi connectivity index (χ1) is 6.25. The molecule has 0 aliphatic rings. The Morgan fingerprint density at radius 1 is 1.38 bits per heavy atom. The zero-order chi connectivity index (χ0) is 9.26. The second-order valence-electron chi connectivity index (χ2n) is 2.55. The molecule has 0 atom stereocenters. The standard InChI is InChI=1S/C8H7BrN4/c9-7-3-1-2-5(11-7)6-4-8(10)13-12-6/h1-4H,(H3,10,12,13). The van der Waals surface area contributed by atoms with Crippen molar-refractivity contribution in [3.63, 3.8) is 0 Å². The van der Waals surface area contributed by atoms with Gasteiger partial charge in [-0.2, -0.15) is 5.10 Å². The summed E-state index contributed by atoms with van der Waals surface area (Å²) in [5.74, 6) is 0.469. The monoisotopic (exact) mass is 238 g/mol. The van der Waals surface area contributed by atoms with E-state index in [-0.39, 0.29) is 0 Å². The van der Waals surface area contributed by atoms with Gasteiger partial charge in [0.25, 0.3) is 0 Å². The highest BCUT2D eigenvalue weighted by atomic mass is 79.9. The molecule has 0 amide bonds. The van der Waals surface area contributed by atoms with Crippen LogP contribution in [0.25, 0.3) is 11.4 Å². The van der Waals surface area contributed by atoms with Crippen LogP contribution in [0.3, 0.4) is 0 Å². The summed E-state index contributed by atoms with van der Waals surface area (Å²) in [7, 11) is 0. The quantitative estimate of drug-likeness (QED) is 0.745. The van der Waals surface area contributed by atoms with Gasteiger partial charge >= 0.3 is 0 Å². The van der Waals surface area contributed by atoms with Crippen LogP contribution in [-0.2, 0) is 0 Å². The number of nitrogens with zero attached hydrogens (tertiary/aromatic N) is 2. The average molecular weight is 239 g/mol. The molecule has 3 N–H and O–H groups in total. The van der Waals surface area contributed by atoms with Crippen LogP contribution in [0.4, 0.5) is 5.82 Å². The largest absolute Gasteiger partial charge is 0.382 e. The van der Waals surface area contributed by atoms with Crippen LogP contribution in [0.5, 0.6) is 0 Å². The van der Waals surface area contributed by atoms with E-state index in [1.165, 1.54) is 0 Å². The lowest BCUT2D eigenvalue weighted by atomic mass is 10.3. The number of rotatable bonds is 1. The number of aromatic nitrogens is 3. The predicted octanol–water partition coefficient (Wildman–Crippen LogP) is 1.82. The van der Waals surface area contributed by atoms with Crippen LogP contribution in [0.15, 0.2) is 28.9 Å². The molecule has 2 aromatic heterocycles. The number of nitrogens with two attached hydrogens (primary N) is 1. The van der Waals surface area contributed by atoms with Crippen molar-refractivity contribution in [2.75, 3.05) is 5.73 Å². The van der Waals surface area contributed by atoms with Gasteiger partial charge in [-0.1, -0.05) is 6.07 Å². The third-order valence-electron chi connectivity index (χ3n) is 1.59. The molecule has 13 heavy (non-hydrogen) atoms. The molecule has 2 rings (SSSR count). The molecule has 4 nitrogen and oxygen atoms in total. The Kier molecular flexibility index (Phi) is 2.02. The number of aromatic amines is 1. The van der Waals surface area contributed by atoms with E-state index in [4.69, 9.17) is 5.73 Å². The third-order valence-corrected chi connectivity index (χ3v) is 2.03. The van der Waals surface area contributed by atoms with Gasteiger partial charge in [0.05, 0.1) is 11.4 Å². The SMILES string of the molecule is Nc1cc(-c2cccc(Br)n2)[nH]n1. The molecule has 0 saturated carbocycles. The molecular formula is C8H7BrN4. The highest BCUT2D eigenvalue weighted by Crippen LogP contribution is 2.17. The predicted molar refractivity (Wildman–Crippen MR) is 53.9 cm³/mol. The van der Waals surface area contributed by atoms with Gasteiger partial charge < -0.3 is 5.73 Å². The summed E-state index contributed by atoms with van der Waals surface area (Å²) in [6, 6.07) is 7.40. The number of halogens is 1. The maximum atomic E-state index is 5.47. The molecule has 0 unspecified atom stereocenters. The summed E-state index contributed by atoms with van der Waals surface area (Å²) in [6.45, 7) is 0. The Bertz CT molecular complexity index is 424. The fourth-order valence-electron chi connectivity index (χ4n) is 1.03. The van der Waals surface area contributed by atoms with Gasteiger partial charge in [-0.05, 0) is 28.1 Å². The van der Waals surface area contributed by atoms with Crippen LogP contribution >= 0.6 is 15.9 Å². The molecule has 2 heterocycles. The first-order valence-corrected chi connectivity index (χ1v) is 4.49. The lowest BCUT2D eigenvalue weighted by Gasteiger charge is -1.95. The van der Waals surface area contributed by atoms with E-state index < -0.39 is 0 Å². The molecule has 0 spiro atoms. The van der Waals surface area contributed by atoms with E-state index in [1.807, 2.05) is 18.2 Å². The summed E-state index contributed by atoms with van der Waals surface area (Å²) >= 11 is 3.29. The van der Waals surface area contributed by atoms with E-state index in [1.54, 1.807) is 6.07 Å². The van der Waals surface area contributed by atoms with Crippen molar-refractivity contribution < 1.29 is 0 Å². The molecule has 2 aromatic rings. The smallest absolute Gasteiger partial charge is 0.145 e.